The van der Waals surface area contributed by atoms with Gasteiger partial charge in [0.25, 0.3) is 0 Å². The highest BCUT2D eigenvalue weighted by Crippen LogP contribution is 2.13. The van der Waals surface area contributed by atoms with E-state index < -0.39 is 5.97 Å². The van der Waals surface area contributed by atoms with Crippen LogP contribution in [0.1, 0.15) is 26.3 Å². The van der Waals surface area contributed by atoms with E-state index in [0.717, 1.165) is 17.4 Å². The molecule has 0 aromatic heterocycles. The Morgan fingerprint density at radius 2 is 1.84 bits per heavy atom. The van der Waals surface area contributed by atoms with Crippen LogP contribution in [0.3, 0.4) is 0 Å². The standard InChI is InChI=1S/C15H20O4/c1-15(2,3)19-11-10-18-13-7-4-12(5-8-13)6-9-14(16)17/h4-9H,10-11H2,1-3H3,(H,16,17). The van der Waals surface area contributed by atoms with Gasteiger partial charge in [0.1, 0.15) is 12.4 Å². The van der Waals surface area contributed by atoms with E-state index in [1.165, 1.54) is 6.08 Å². The molecule has 0 radical (unpaired) electrons. The molecule has 0 atom stereocenters. The predicted molar refractivity (Wildman–Crippen MR) is 74.3 cm³/mol. The molecule has 19 heavy (non-hydrogen) atoms. The molecule has 0 spiro atoms. The number of benzene rings is 1. The van der Waals surface area contributed by atoms with Crippen molar-refractivity contribution < 1.29 is 19.4 Å². The van der Waals surface area contributed by atoms with Gasteiger partial charge in [0.05, 0.1) is 12.2 Å². The summed E-state index contributed by atoms with van der Waals surface area (Å²) in [6.07, 6.45) is 2.64. The minimum Gasteiger partial charge on any atom is -0.491 e. The number of aliphatic carboxylic acids is 1. The zero-order valence-electron chi connectivity index (χ0n) is 11.6. The van der Waals surface area contributed by atoms with Crippen LogP contribution in [0, 0.1) is 0 Å². The normalized spacial score (nSPS) is 11.7. The van der Waals surface area contributed by atoms with Gasteiger partial charge in [-0.3, -0.25) is 0 Å². The molecule has 0 aliphatic heterocycles. The third-order valence-corrected chi connectivity index (χ3v) is 2.19. The van der Waals surface area contributed by atoms with Crippen molar-refractivity contribution in [3.05, 3.63) is 35.9 Å². The molecular weight excluding hydrogens is 244 g/mol. The zero-order chi connectivity index (χ0) is 14.3. The second-order valence-corrected chi connectivity index (χ2v) is 5.05. The van der Waals surface area contributed by atoms with Crippen LogP contribution in [0.4, 0.5) is 0 Å². The molecule has 104 valence electrons. The molecule has 0 saturated carbocycles. The van der Waals surface area contributed by atoms with E-state index in [-0.39, 0.29) is 5.60 Å². The molecule has 1 rings (SSSR count). The van der Waals surface area contributed by atoms with Crippen molar-refractivity contribution in [3.8, 4) is 5.75 Å². The Morgan fingerprint density at radius 1 is 1.21 bits per heavy atom. The first-order valence-electron chi connectivity index (χ1n) is 6.15. The first kappa shape index (κ1) is 15.2. The van der Waals surface area contributed by atoms with Gasteiger partial charge in [0.15, 0.2) is 0 Å². The lowest BCUT2D eigenvalue weighted by atomic mass is 10.2. The monoisotopic (exact) mass is 264 g/mol. The van der Waals surface area contributed by atoms with Crippen molar-refractivity contribution >= 4 is 12.0 Å². The smallest absolute Gasteiger partial charge is 0.328 e. The maximum absolute atomic E-state index is 10.4. The second-order valence-electron chi connectivity index (χ2n) is 5.05. The molecule has 0 unspecified atom stereocenters. The Hall–Kier alpha value is -1.81. The van der Waals surface area contributed by atoms with Gasteiger partial charge in [-0.15, -0.1) is 0 Å². The Labute approximate surface area is 113 Å². The molecule has 4 heteroatoms. The Balaban J connectivity index is 2.38. The third-order valence-electron chi connectivity index (χ3n) is 2.19. The van der Waals surface area contributed by atoms with Crippen molar-refractivity contribution in [2.75, 3.05) is 13.2 Å². The van der Waals surface area contributed by atoms with Crippen LogP contribution in [-0.4, -0.2) is 29.9 Å². The molecule has 0 aliphatic carbocycles. The quantitative estimate of drug-likeness (QED) is 0.634. The SMILES string of the molecule is CC(C)(C)OCCOc1ccc(C=CC(=O)O)cc1. The van der Waals surface area contributed by atoms with Crippen LogP contribution in [0.25, 0.3) is 6.08 Å². The van der Waals surface area contributed by atoms with Crippen molar-refractivity contribution in [3.63, 3.8) is 0 Å². The highest BCUT2D eigenvalue weighted by atomic mass is 16.5. The van der Waals surface area contributed by atoms with E-state index in [9.17, 15) is 4.79 Å². The highest BCUT2D eigenvalue weighted by Gasteiger charge is 2.09. The summed E-state index contributed by atoms with van der Waals surface area (Å²) < 4.78 is 11.1. The first-order chi connectivity index (χ1) is 8.87. The fourth-order valence-corrected chi connectivity index (χ4v) is 1.35. The third kappa shape index (κ3) is 7.26. The molecule has 1 N–H and O–H groups in total. The van der Waals surface area contributed by atoms with Gasteiger partial charge in [-0.1, -0.05) is 12.1 Å². The average Bonchev–Trinajstić information content (AvgIpc) is 2.32. The van der Waals surface area contributed by atoms with Crippen molar-refractivity contribution in [2.45, 2.75) is 26.4 Å². The van der Waals surface area contributed by atoms with E-state index in [1.54, 1.807) is 24.3 Å². The van der Waals surface area contributed by atoms with Gasteiger partial charge in [-0.25, -0.2) is 4.79 Å². The first-order valence-corrected chi connectivity index (χ1v) is 6.15. The number of ether oxygens (including phenoxy) is 2. The maximum Gasteiger partial charge on any atom is 0.328 e. The van der Waals surface area contributed by atoms with E-state index >= 15 is 0 Å². The summed E-state index contributed by atoms with van der Waals surface area (Å²) in [5.41, 5.74) is 0.662. The summed E-state index contributed by atoms with van der Waals surface area (Å²) in [5, 5.41) is 8.51. The van der Waals surface area contributed by atoms with Crippen molar-refractivity contribution in [1.82, 2.24) is 0 Å². The average molecular weight is 264 g/mol. The lowest BCUT2D eigenvalue weighted by molar-refractivity contribution is -0.131. The molecule has 0 heterocycles. The van der Waals surface area contributed by atoms with Gasteiger partial charge >= 0.3 is 5.97 Å². The molecule has 1 aromatic rings. The summed E-state index contributed by atoms with van der Waals surface area (Å²) in [6, 6.07) is 7.22. The highest BCUT2D eigenvalue weighted by molar-refractivity contribution is 5.85. The minimum atomic E-state index is -0.959. The van der Waals surface area contributed by atoms with Crippen LogP contribution in [0.2, 0.25) is 0 Å². The molecule has 0 saturated heterocycles. The van der Waals surface area contributed by atoms with Gasteiger partial charge in [0, 0.05) is 6.08 Å². The lowest BCUT2D eigenvalue weighted by Gasteiger charge is -2.19. The Morgan fingerprint density at radius 3 is 2.37 bits per heavy atom. The molecule has 1 aromatic carbocycles. The van der Waals surface area contributed by atoms with Crippen LogP contribution in [0.15, 0.2) is 30.3 Å². The van der Waals surface area contributed by atoms with E-state index in [2.05, 4.69) is 0 Å². The molecule has 0 amide bonds. The van der Waals surface area contributed by atoms with E-state index in [1.807, 2.05) is 20.8 Å². The minimum absolute atomic E-state index is 0.158. The van der Waals surface area contributed by atoms with E-state index in [0.29, 0.717) is 13.2 Å². The summed E-state index contributed by atoms with van der Waals surface area (Å²) in [7, 11) is 0. The van der Waals surface area contributed by atoms with Gasteiger partial charge in [-0.05, 0) is 44.5 Å². The topological polar surface area (TPSA) is 55.8 Å². The largest absolute Gasteiger partial charge is 0.491 e. The summed E-state index contributed by atoms with van der Waals surface area (Å²) in [4.78, 5) is 10.4. The number of carboxylic acid groups (broad SMARTS) is 1. The fourth-order valence-electron chi connectivity index (χ4n) is 1.35. The van der Waals surface area contributed by atoms with Crippen LogP contribution >= 0.6 is 0 Å². The number of carbonyl (C=O) groups is 1. The van der Waals surface area contributed by atoms with Crippen LogP contribution in [0.5, 0.6) is 5.75 Å². The second kappa shape index (κ2) is 6.95. The van der Waals surface area contributed by atoms with Gasteiger partial charge in [-0.2, -0.15) is 0 Å². The Bertz CT molecular complexity index is 426. The van der Waals surface area contributed by atoms with E-state index in [4.69, 9.17) is 14.6 Å². The summed E-state index contributed by atoms with van der Waals surface area (Å²) >= 11 is 0. The van der Waals surface area contributed by atoms with Crippen molar-refractivity contribution in [1.29, 1.82) is 0 Å². The number of carboxylic acids is 1. The zero-order valence-corrected chi connectivity index (χ0v) is 11.6. The molecule has 0 aliphatic rings. The molecule has 4 nitrogen and oxygen atoms in total. The fraction of sp³-hybridized carbons (Fsp3) is 0.400. The lowest BCUT2D eigenvalue weighted by Crippen LogP contribution is -2.22. The molecule has 0 fully saturated rings. The van der Waals surface area contributed by atoms with Gasteiger partial charge < -0.3 is 14.6 Å². The Kier molecular flexibility index (Phi) is 5.57. The van der Waals surface area contributed by atoms with Gasteiger partial charge in [0.2, 0.25) is 0 Å². The van der Waals surface area contributed by atoms with Crippen LogP contribution in [-0.2, 0) is 9.53 Å². The predicted octanol–water partition coefficient (Wildman–Crippen LogP) is 2.98. The number of hydrogen-bond acceptors (Lipinski definition) is 3. The molecular formula is C15H20O4. The maximum atomic E-state index is 10.4. The van der Waals surface area contributed by atoms with Crippen molar-refractivity contribution in [2.24, 2.45) is 0 Å². The summed E-state index contributed by atoms with van der Waals surface area (Å²) in [6.45, 7) is 7.01. The number of hydrogen-bond donors (Lipinski definition) is 1. The number of rotatable bonds is 6. The summed E-state index contributed by atoms with van der Waals surface area (Å²) in [5.74, 6) is -0.218. The molecule has 0 bridgehead atoms. The van der Waals surface area contributed by atoms with Crippen LogP contribution < -0.4 is 4.74 Å².